The van der Waals surface area contributed by atoms with Crippen LogP contribution in [0.3, 0.4) is 0 Å². The molecule has 0 unspecified atom stereocenters. The van der Waals surface area contributed by atoms with Gasteiger partial charge in [-0.25, -0.2) is 0 Å². The molecular formula is C17H18N4O. The number of pyridine rings is 1. The molecule has 22 heavy (non-hydrogen) atoms. The topological polar surface area (TPSA) is 59.8 Å². The van der Waals surface area contributed by atoms with E-state index >= 15 is 0 Å². The first-order chi connectivity index (χ1) is 10.6. The number of aromatic nitrogens is 3. The predicted octanol–water partition coefficient (Wildman–Crippen LogP) is 3.32. The fourth-order valence-electron chi connectivity index (χ4n) is 2.49. The minimum absolute atomic E-state index is 0.205. The Morgan fingerprint density at radius 2 is 2.05 bits per heavy atom. The highest BCUT2D eigenvalue weighted by Crippen LogP contribution is 2.22. The molecule has 5 heteroatoms. The highest BCUT2D eigenvalue weighted by Gasteiger charge is 2.13. The summed E-state index contributed by atoms with van der Waals surface area (Å²) in [5.74, 6) is -0.205. The zero-order valence-electron chi connectivity index (χ0n) is 12.9. The molecule has 1 aromatic carbocycles. The van der Waals surface area contributed by atoms with Crippen LogP contribution < -0.4 is 5.32 Å². The number of nitrogens with one attached hydrogen (secondary N) is 1. The van der Waals surface area contributed by atoms with E-state index in [0.717, 1.165) is 34.5 Å². The smallest absolute Gasteiger partial charge is 0.276 e. The van der Waals surface area contributed by atoms with Crippen molar-refractivity contribution in [3.63, 3.8) is 0 Å². The van der Waals surface area contributed by atoms with Crippen LogP contribution in [0.15, 0.2) is 36.4 Å². The Morgan fingerprint density at radius 1 is 1.23 bits per heavy atom. The Balaban J connectivity index is 1.93. The standard InChI is InChI=1S/C17H18N4O/c1-4-21-12(3)10-16(20-21)17(22)19-15-7-5-6-14-13(15)9-8-11(2)18-14/h5-10H,4H2,1-3H3,(H,19,22). The fraction of sp³-hybridized carbons (Fsp3) is 0.235. The third kappa shape index (κ3) is 2.57. The van der Waals surface area contributed by atoms with Crippen molar-refractivity contribution in [2.24, 2.45) is 0 Å². The van der Waals surface area contributed by atoms with Gasteiger partial charge in [0.2, 0.25) is 0 Å². The molecule has 0 atom stereocenters. The van der Waals surface area contributed by atoms with Crippen molar-refractivity contribution in [1.29, 1.82) is 0 Å². The van der Waals surface area contributed by atoms with Crippen molar-refractivity contribution in [2.75, 3.05) is 5.32 Å². The third-order valence-electron chi connectivity index (χ3n) is 3.63. The van der Waals surface area contributed by atoms with Crippen LogP contribution in [0.25, 0.3) is 10.9 Å². The Labute approximate surface area is 129 Å². The number of carbonyl (C=O) groups is 1. The van der Waals surface area contributed by atoms with Gasteiger partial charge in [0.15, 0.2) is 5.69 Å². The first-order valence-electron chi connectivity index (χ1n) is 7.30. The predicted molar refractivity (Wildman–Crippen MR) is 87.1 cm³/mol. The van der Waals surface area contributed by atoms with Crippen molar-refractivity contribution in [2.45, 2.75) is 27.3 Å². The Morgan fingerprint density at radius 3 is 2.77 bits per heavy atom. The number of carbonyl (C=O) groups excluding carboxylic acids is 1. The van der Waals surface area contributed by atoms with Crippen molar-refractivity contribution < 1.29 is 4.79 Å². The SMILES string of the molecule is CCn1nc(C(=O)Nc2cccc3nc(C)ccc23)cc1C. The number of amides is 1. The van der Waals surface area contributed by atoms with Gasteiger partial charge in [-0.3, -0.25) is 14.5 Å². The lowest BCUT2D eigenvalue weighted by Crippen LogP contribution is -2.13. The van der Waals surface area contributed by atoms with Crippen LogP contribution in [0.4, 0.5) is 5.69 Å². The number of hydrogen-bond acceptors (Lipinski definition) is 3. The lowest BCUT2D eigenvalue weighted by atomic mass is 10.1. The molecule has 5 nitrogen and oxygen atoms in total. The van der Waals surface area contributed by atoms with E-state index in [4.69, 9.17) is 0 Å². The van der Waals surface area contributed by atoms with Gasteiger partial charge in [0.05, 0.1) is 11.2 Å². The molecule has 0 aliphatic carbocycles. The Bertz CT molecular complexity index is 851. The highest BCUT2D eigenvalue weighted by atomic mass is 16.1. The Hall–Kier alpha value is -2.69. The van der Waals surface area contributed by atoms with Gasteiger partial charge in [0.1, 0.15) is 0 Å². The molecule has 0 radical (unpaired) electrons. The third-order valence-corrected chi connectivity index (χ3v) is 3.63. The monoisotopic (exact) mass is 294 g/mol. The first kappa shape index (κ1) is 14.3. The summed E-state index contributed by atoms with van der Waals surface area (Å²) in [7, 11) is 0. The zero-order valence-corrected chi connectivity index (χ0v) is 12.9. The van der Waals surface area contributed by atoms with Crippen molar-refractivity contribution in [3.8, 4) is 0 Å². The number of aryl methyl sites for hydroxylation is 3. The van der Waals surface area contributed by atoms with Gasteiger partial charge in [-0.15, -0.1) is 0 Å². The molecule has 0 saturated carbocycles. The van der Waals surface area contributed by atoms with E-state index in [-0.39, 0.29) is 5.91 Å². The highest BCUT2D eigenvalue weighted by molar-refractivity contribution is 6.07. The van der Waals surface area contributed by atoms with Crippen LogP contribution >= 0.6 is 0 Å². The molecule has 1 N–H and O–H groups in total. The maximum Gasteiger partial charge on any atom is 0.276 e. The minimum Gasteiger partial charge on any atom is -0.320 e. The van der Waals surface area contributed by atoms with Crippen LogP contribution in [0.1, 0.15) is 28.8 Å². The summed E-state index contributed by atoms with van der Waals surface area (Å²) in [5.41, 5.74) is 3.97. The van der Waals surface area contributed by atoms with Gasteiger partial charge in [0.25, 0.3) is 5.91 Å². The second-order valence-electron chi connectivity index (χ2n) is 5.27. The molecule has 0 aliphatic rings. The van der Waals surface area contributed by atoms with Gasteiger partial charge >= 0.3 is 0 Å². The van der Waals surface area contributed by atoms with Gasteiger partial charge in [-0.05, 0) is 51.1 Å². The van der Waals surface area contributed by atoms with E-state index in [0.29, 0.717) is 5.69 Å². The lowest BCUT2D eigenvalue weighted by molar-refractivity contribution is 0.102. The first-order valence-corrected chi connectivity index (χ1v) is 7.30. The summed E-state index contributed by atoms with van der Waals surface area (Å²) in [5, 5.41) is 8.16. The van der Waals surface area contributed by atoms with Crippen LogP contribution in [0, 0.1) is 13.8 Å². The van der Waals surface area contributed by atoms with E-state index in [1.807, 2.05) is 55.8 Å². The summed E-state index contributed by atoms with van der Waals surface area (Å²) >= 11 is 0. The van der Waals surface area contributed by atoms with E-state index in [9.17, 15) is 4.79 Å². The zero-order chi connectivity index (χ0) is 15.7. The largest absolute Gasteiger partial charge is 0.320 e. The molecule has 0 spiro atoms. The Kier molecular flexibility index (Phi) is 3.63. The minimum atomic E-state index is -0.205. The van der Waals surface area contributed by atoms with Crippen LogP contribution in [0.5, 0.6) is 0 Å². The second-order valence-corrected chi connectivity index (χ2v) is 5.27. The van der Waals surface area contributed by atoms with Crippen molar-refractivity contribution in [3.05, 3.63) is 53.5 Å². The maximum atomic E-state index is 12.4. The normalized spacial score (nSPS) is 10.9. The number of anilines is 1. The molecule has 3 rings (SSSR count). The quantitative estimate of drug-likeness (QED) is 0.806. The van der Waals surface area contributed by atoms with E-state index < -0.39 is 0 Å². The number of hydrogen-bond donors (Lipinski definition) is 1. The molecule has 2 aromatic heterocycles. The fourth-order valence-corrected chi connectivity index (χ4v) is 2.49. The van der Waals surface area contributed by atoms with Crippen LogP contribution in [-0.4, -0.2) is 20.7 Å². The van der Waals surface area contributed by atoms with E-state index in [1.54, 1.807) is 6.07 Å². The van der Waals surface area contributed by atoms with E-state index in [1.165, 1.54) is 0 Å². The molecule has 2 heterocycles. The van der Waals surface area contributed by atoms with Crippen molar-refractivity contribution in [1.82, 2.24) is 14.8 Å². The number of fused-ring (bicyclic) bond motifs is 1. The summed E-state index contributed by atoms with van der Waals surface area (Å²) in [6, 6.07) is 11.4. The van der Waals surface area contributed by atoms with Crippen LogP contribution in [0.2, 0.25) is 0 Å². The van der Waals surface area contributed by atoms with Crippen LogP contribution in [-0.2, 0) is 6.54 Å². The molecule has 0 saturated heterocycles. The van der Waals surface area contributed by atoms with Gasteiger partial charge in [0, 0.05) is 23.3 Å². The summed E-state index contributed by atoms with van der Waals surface area (Å²) in [6.07, 6.45) is 0. The van der Waals surface area contributed by atoms with Gasteiger partial charge in [-0.2, -0.15) is 5.10 Å². The summed E-state index contributed by atoms with van der Waals surface area (Å²) in [6.45, 7) is 6.64. The van der Waals surface area contributed by atoms with Crippen molar-refractivity contribution >= 4 is 22.5 Å². The molecule has 3 aromatic rings. The number of benzene rings is 1. The van der Waals surface area contributed by atoms with Gasteiger partial charge in [-0.1, -0.05) is 6.07 Å². The number of rotatable bonds is 3. The average Bonchev–Trinajstić information content (AvgIpc) is 2.88. The lowest BCUT2D eigenvalue weighted by Gasteiger charge is -2.07. The molecule has 0 aliphatic heterocycles. The van der Waals surface area contributed by atoms with E-state index in [2.05, 4.69) is 15.4 Å². The molecular weight excluding hydrogens is 276 g/mol. The second kappa shape index (κ2) is 5.60. The molecule has 0 fully saturated rings. The maximum absolute atomic E-state index is 12.4. The summed E-state index contributed by atoms with van der Waals surface area (Å²) in [4.78, 5) is 16.9. The molecule has 112 valence electrons. The number of nitrogens with zero attached hydrogens (tertiary/aromatic N) is 3. The summed E-state index contributed by atoms with van der Waals surface area (Å²) < 4.78 is 1.81. The molecule has 0 bridgehead atoms. The van der Waals surface area contributed by atoms with Gasteiger partial charge < -0.3 is 5.32 Å². The average molecular weight is 294 g/mol. The molecule has 1 amide bonds.